The minimum Gasteiger partial charge on any atom is -0.451 e. The van der Waals surface area contributed by atoms with Crippen LogP contribution < -0.4 is 4.84 Å². The van der Waals surface area contributed by atoms with E-state index in [4.69, 9.17) is 21.2 Å². The molecule has 1 aromatic carbocycles. The topological polar surface area (TPSA) is 70.4 Å². The Morgan fingerprint density at radius 3 is 2.85 bits per heavy atom. The Morgan fingerprint density at radius 2 is 2.10 bits per heavy atom. The van der Waals surface area contributed by atoms with Crippen LogP contribution in [0.4, 0.5) is 0 Å². The molecule has 0 aliphatic carbocycles. The third-order valence-corrected chi connectivity index (χ3v) is 3.15. The summed E-state index contributed by atoms with van der Waals surface area (Å²) in [7, 11) is 0. The summed E-state index contributed by atoms with van der Waals surface area (Å²) < 4.78 is 6.00. The Labute approximate surface area is 118 Å². The van der Waals surface area contributed by atoms with Crippen molar-refractivity contribution in [2.24, 2.45) is 0 Å². The van der Waals surface area contributed by atoms with Crippen molar-refractivity contribution in [3.63, 3.8) is 0 Å². The van der Waals surface area contributed by atoms with Gasteiger partial charge in [-0.2, -0.15) is 4.73 Å². The molecule has 2 heterocycles. The second kappa shape index (κ2) is 4.64. The lowest BCUT2D eigenvalue weighted by Gasteiger charge is -2.11. The molecule has 0 radical (unpaired) electrons. The number of carbonyl (C=O) groups excluding carboxylic acids is 2. The molecule has 1 aliphatic rings. The van der Waals surface area contributed by atoms with Gasteiger partial charge < -0.3 is 9.57 Å². The monoisotopic (exact) mass is 292 g/mol. The third-order valence-electron chi connectivity index (χ3n) is 2.92. The van der Waals surface area contributed by atoms with Crippen LogP contribution in [0.15, 0.2) is 24.3 Å². The zero-order valence-electron chi connectivity index (χ0n) is 10.4. The average molecular weight is 293 g/mol. The number of esters is 1. The third kappa shape index (κ3) is 2.04. The normalized spacial score (nSPS) is 14.3. The predicted octanol–water partition coefficient (Wildman–Crippen LogP) is 1.52. The van der Waals surface area contributed by atoms with Crippen LogP contribution in [0.5, 0.6) is 0 Å². The molecular formula is C13H9ClN2O4. The van der Waals surface area contributed by atoms with Crippen LogP contribution in [0.25, 0.3) is 11.4 Å². The van der Waals surface area contributed by atoms with Crippen molar-refractivity contribution >= 4 is 23.5 Å². The van der Waals surface area contributed by atoms with Gasteiger partial charge >= 0.3 is 11.9 Å². The molecule has 0 N–H and O–H groups in total. The number of hydrogen-bond donors (Lipinski definition) is 0. The number of cyclic esters (lactones) is 1. The van der Waals surface area contributed by atoms with Crippen molar-refractivity contribution in [1.82, 2.24) is 9.71 Å². The predicted molar refractivity (Wildman–Crippen MR) is 68.8 cm³/mol. The Hall–Kier alpha value is -2.34. The molecule has 0 fully saturated rings. The molecule has 2 bridgehead atoms. The number of nitrogens with zero attached hydrogens (tertiary/aromatic N) is 2. The van der Waals surface area contributed by atoms with Crippen LogP contribution in [-0.4, -0.2) is 21.7 Å². The highest BCUT2D eigenvalue weighted by atomic mass is 35.5. The number of halogens is 1. The fraction of sp³-hybridized carbons (Fsp3) is 0.154. The zero-order valence-corrected chi connectivity index (χ0v) is 11.2. The van der Waals surface area contributed by atoms with Gasteiger partial charge in [-0.05, 0) is 19.1 Å². The first kappa shape index (κ1) is 12.7. The summed E-state index contributed by atoms with van der Waals surface area (Å²) in [6, 6.07) is 6.96. The zero-order chi connectivity index (χ0) is 14.3. The Balaban J connectivity index is 2.16. The minimum absolute atomic E-state index is 0.0691. The Morgan fingerprint density at radius 1 is 1.30 bits per heavy atom. The average Bonchev–Trinajstić information content (AvgIpc) is 2.75. The Bertz CT molecular complexity index is 723. The molecule has 0 spiro atoms. The van der Waals surface area contributed by atoms with Crippen LogP contribution in [0.2, 0.25) is 5.02 Å². The Kier molecular flexibility index (Phi) is 2.94. The lowest BCUT2D eigenvalue weighted by molar-refractivity contribution is -0.169. The second-order valence-corrected chi connectivity index (χ2v) is 4.66. The fourth-order valence-electron chi connectivity index (χ4n) is 1.90. The molecule has 0 saturated carbocycles. The maximum Gasteiger partial charge on any atom is 0.442 e. The van der Waals surface area contributed by atoms with Crippen molar-refractivity contribution in [3.8, 4) is 11.4 Å². The molecule has 0 saturated heterocycles. The van der Waals surface area contributed by atoms with Crippen molar-refractivity contribution < 1.29 is 19.2 Å². The van der Waals surface area contributed by atoms with Gasteiger partial charge in [0, 0.05) is 10.6 Å². The van der Waals surface area contributed by atoms with Gasteiger partial charge in [0.05, 0.1) is 5.69 Å². The number of ether oxygens (including phenoxy) is 1. The number of hydrogen-bond acceptors (Lipinski definition) is 5. The molecule has 3 rings (SSSR count). The van der Waals surface area contributed by atoms with Gasteiger partial charge in [-0.25, -0.2) is 14.6 Å². The van der Waals surface area contributed by atoms with Gasteiger partial charge in [0.25, 0.3) is 0 Å². The molecule has 0 amide bonds. The maximum atomic E-state index is 11.5. The molecule has 0 unspecified atom stereocenters. The van der Waals surface area contributed by atoms with E-state index in [2.05, 4.69) is 4.98 Å². The van der Waals surface area contributed by atoms with E-state index >= 15 is 0 Å². The second-order valence-electron chi connectivity index (χ2n) is 4.23. The number of carbonyl (C=O) groups is 2. The van der Waals surface area contributed by atoms with Crippen LogP contribution in [0, 0.1) is 6.92 Å². The van der Waals surface area contributed by atoms with Crippen LogP contribution in [0.3, 0.4) is 0 Å². The highest BCUT2D eigenvalue weighted by Gasteiger charge is 2.28. The molecule has 102 valence electrons. The molecule has 1 aromatic heterocycles. The van der Waals surface area contributed by atoms with Crippen molar-refractivity contribution in [2.75, 3.05) is 0 Å². The van der Waals surface area contributed by atoms with Gasteiger partial charge in [0.15, 0.2) is 5.82 Å². The summed E-state index contributed by atoms with van der Waals surface area (Å²) in [6.45, 7) is 1.66. The van der Waals surface area contributed by atoms with Gasteiger partial charge in [-0.3, -0.25) is 0 Å². The van der Waals surface area contributed by atoms with E-state index in [-0.39, 0.29) is 6.61 Å². The van der Waals surface area contributed by atoms with E-state index in [0.29, 0.717) is 27.8 Å². The number of benzene rings is 1. The molecule has 0 atom stereocenters. The molecule has 7 heteroatoms. The first-order valence-electron chi connectivity index (χ1n) is 5.80. The molecule has 6 nitrogen and oxygen atoms in total. The number of rotatable bonds is 1. The van der Waals surface area contributed by atoms with Gasteiger partial charge in [0.1, 0.15) is 12.3 Å². The summed E-state index contributed by atoms with van der Waals surface area (Å²) in [5, 5.41) is 0.532. The van der Waals surface area contributed by atoms with E-state index < -0.39 is 11.9 Å². The van der Waals surface area contributed by atoms with E-state index in [1.807, 2.05) is 0 Å². The first-order chi connectivity index (χ1) is 9.56. The standard InChI is InChI=1S/C13H9ClN2O4/c1-7-10-6-19-12(17)13(18)20-16(7)11(15-10)8-3-2-4-9(14)5-8/h2-5H,6H2,1H3. The van der Waals surface area contributed by atoms with Crippen LogP contribution in [-0.2, 0) is 20.9 Å². The van der Waals surface area contributed by atoms with Crippen LogP contribution >= 0.6 is 11.6 Å². The maximum absolute atomic E-state index is 11.5. The summed E-state index contributed by atoms with van der Waals surface area (Å²) in [6.07, 6.45) is 0. The van der Waals surface area contributed by atoms with Crippen molar-refractivity contribution in [2.45, 2.75) is 13.5 Å². The highest BCUT2D eigenvalue weighted by Crippen LogP contribution is 2.25. The minimum atomic E-state index is -1.08. The van der Waals surface area contributed by atoms with Gasteiger partial charge in [-0.1, -0.05) is 23.7 Å². The molecule has 20 heavy (non-hydrogen) atoms. The molecule has 1 aliphatic heterocycles. The lowest BCUT2D eigenvalue weighted by Crippen LogP contribution is -2.31. The summed E-state index contributed by atoms with van der Waals surface area (Å²) in [4.78, 5) is 32.1. The van der Waals surface area contributed by atoms with E-state index in [1.165, 1.54) is 4.73 Å². The summed E-state index contributed by atoms with van der Waals surface area (Å²) in [5.74, 6) is -1.73. The molecular weight excluding hydrogens is 284 g/mol. The molecule has 2 aromatic rings. The summed E-state index contributed by atoms with van der Waals surface area (Å²) >= 11 is 5.95. The number of aromatic nitrogens is 2. The number of imidazole rings is 1. The SMILES string of the molecule is Cc1c2nc(-c3cccc(Cl)c3)n1OC(=O)C(=O)OC2. The quantitative estimate of drug-likeness (QED) is 0.589. The smallest absolute Gasteiger partial charge is 0.442 e. The van der Waals surface area contributed by atoms with E-state index in [9.17, 15) is 9.59 Å². The van der Waals surface area contributed by atoms with Crippen molar-refractivity contribution in [1.29, 1.82) is 0 Å². The van der Waals surface area contributed by atoms with Gasteiger partial charge in [0.2, 0.25) is 0 Å². The first-order valence-corrected chi connectivity index (χ1v) is 6.17. The van der Waals surface area contributed by atoms with Gasteiger partial charge in [-0.15, -0.1) is 0 Å². The van der Waals surface area contributed by atoms with Crippen LogP contribution in [0.1, 0.15) is 11.4 Å². The van der Waals surface area contributed by atoms with E-state index in [1.54, 1.807) is 31.2 Å². The number of fused-ring (bicyclic) bond motifs is 2. The summed E-state index contributed by atoms with van der Waals surface area (Å²) in [5.41, 5.74) is 1.80. The lowest BCUT2D eigenvalue weighted by atomic mass is 10.2. The fourth-order valence-corrected chi connectivity index (χ4v) is 2.09. The van der Waals surface area contributed by atoms with E-state index in [0.717, 1.165) is 0 Å². The van der Waals surface area contributed by atoms with Crippen molar-refractivity contribution in [3.05, 3.63) is 40.7 Å². The largest absolute Gasteiger partial charge is 0.451 e. The highest BCUT2D eigenvalue weighted by molar-refractivity contribution is 6.31.